The van der Waals surface area contributed by atoms with Gasteiger partial charge in [-0.3, -0.25) is 4.79 Å². The van der Waals surface area contributed by atoms with E-state index >= 15 is 0 Å². The number of carbonyl (C=O) groups excluding carboxylic acids is 1. The summed E-state index contributed by atoms with van der Waals surface area (Å²) in [5.41, 5.74) is 1.94. The number of amides is 2. The Labute approximate surface area is 125 Å². The lowest BCUT2D eigenvalue weighted by molar-refractivity contribution is -0.137. The first-order valence-corrected chi connectivity index (χ1v) is 7.36. The van der Waals surface area contributed by atoms with Crippen molar-refractivity contribution in [3.8, 4) is 0 Å². The molecule has 0 saturated heterocycles. The van der Waals surface area contributed by atoms with Gasteiger partial charge in [0, 0.05) is 18.7 Å². The van der Waals surface area contributed by atoms with Crippen molar-refractivity contribution in [2.75, 3.05) is 11.9 Å². The van der Waals surface area contributed by atoms with E-state index in [1.807, 2.05) is 24.3 Å². The van der Waals surface area contributed by atoms with Gasteiger partial charge in [0.25, 0.3) is 0 Å². The minimum atomic E-state index is -0.772. The van der Waals surface area contributed by atoms with Gasteiger partial charge in [-0.05, 0) is 30.4 Å². The average molecular weight is 292 g/mol. The molecule has 0 aliphatic rings. The number of unbranched alkanes of at least 4 members (excludes halogenated alkanes) is 2. The van der Waals surface area contributed by atoms with Crippen LogP contribution >= 0.6 is 0 Å². The Morgan fingerprint density at radius 3 is 2.52 bits per heavy atom. The number of aliphatic carboxylic acids is 1. The Kier molecular flexibility index (Phi) is 7.29. The number of nitrogens with one attached hydrogen (secondary N) is 2. The zero-order valence-electron chi connectivity index (χ0n) is 12.7. The maximum atomic E-state index is 11.8. The molecule has 1 rings (SSSR count). The summed E-state index contributed by atoms with van der Waals surface area (Å²) in [6, 6.07) is 7.53. The summed E-state index contributed by atoms with van der Waals surface area (Å²) in [6.45, 7) is 4.72. The van der Waals surface area contributed by atoms with Crippen LogP contribution in [0.2, 0.25) is 0 Å². The van der Waals surface area contributed by atoms with Crippen molar-refractivity contribution in [2.45, 2.75) is 45.4 Å². The highest BCUT2D eigenvalue weighted by atomic mass is 16.4. The molecule has 116 valence electrons. The van der Waals surface area contributed by atoms with E-state index in [9.17, 15) is 9.59 Å². The first kappa shape index (κ1) is 17.0. The van der Waals surface area contributed by atoms with Gasteiger partial charge in [-0.15, -0.1) is 0 Å². The summed E-state index contributed by atoms with van der Waals surface area (Å²) in [6.07, 6.45) is 2.42. The Morgan fingerprint density at radius 2 is 1.86 bits per heavy atom. The molecular formula is C16H24N2O3. The molecule has 1 aromatic carbocycles. The fourth-order valence-electron chi connectivity index (χ4n) is 2.06. The molecule has 0 fully saturated rings. The topological polar surface area (TPSA) is 78.4 Å². The van der Waals surface area contributed by atoms with E-state index in [1.54, 1.807) is 0 Å². The summed E-state index contributed by atoms with van der Waals surface area (Å²) in [5.74, 6) is -0.427. The van der Waals surface area contributed by atoms with E-state index in [0.29, 0.717) is 18.9 Å². The summed E-state index contributed by atoms with van der Waals surface area (Å²) < 4.78 is 0. The second-order valence-electron chi connectivity index (χ2n) is 5.33. The molecule has 21 heavy (non-hydrogen) atoms. The van der Waals surface area contributed by atoms with Gasteiger partial charge in [0.05, 0.1) is 0 Å². The van der Waals surface area contributed by atoms with Crippen LogP contribution in [0, 0.1) is 0 Å². The summed E-state index contributed by atoms with van der Waals surface area (Å²) in [5, 5.41) is 14.2. The number of carboxylic acids is 1. The quantitative estimate of drug-likeness (QED) is 0.641. The van der Waals surface area contributed by atoms with Gasteiger partial charge in [0.15, 0.2) is 0 Å². The molecule has 0 aromatic heterocycles. The second-order valence-corrected chi connectivity index (χ2v) is 5.33. The number of rotatable bonds is 8. The maximum Gasteiger partial charge on any atom is 0.319 e. The molecule has 5 heteroatoms. The summed E-state index contributed by atoms with van der Waals surface area (Å²) >= 11 is 0. The smallest absolute Gasteiger partial charge is 0.319 e. The molecule has 0 aliphatic heterocycles. The largest absolute Gasteiger partial charge is 0.481 e. The fraction of sp³-hybridized carbons (Fsp3) is 0.500. The van der Waals surface area contributed by atoms with E-state index in [0.717, 1.165) is 24.1 Å². The highest BCUT2D eigenvalue weighted by Gasteiger charge is 2.08. The molecule has 2 amide bonds. The Hall–Kier alpha value is -2.04. The van der Waals surface area contributed by atoms with Crippen molar-refractivity contribution in [1.29, 1.82) is 0 Å². The highest BCUT2D eigenvalue weighted by molar-refractivity contribution is 5.90. The highest BCUT2D eigenvalue weighted by Crippen LogP contribution is 2.23. The van der Waals surface area contributed by atoms with Crippen LogP contribution in [-0.4, -0.2) is 23.7 Å². The van der Waals surface area contributed by atoms with Crippen LogP contribution in [0.15, 0.2) is 24.3 Å². The van der Waals surface area contributed by atoms with E-state index in [1.165, 1.54) is 0 Å². The molecule has 0 heterocycles. The van der Waals surface area contributed by atoms with Crippen molar-refractivity contribution in [3.63, 3.8) is 0 Å². The zero-order chi connectivity index (χ0) is 15.7. The van der Waals surface area contributed by atoms with Crippen LogP contribution in [0.1, 0.15) is 51.0 Å². The van der Waals surface area contributed by atoms with Crippen LogP contribution in [0.4, 0.5) is 10.5 Å². The maximum absolute atomic E-state index is 11.8. The Balaban J connectivity index is 2.29. The van der Waals surface area contributed by atoms with E-state index in [2.05, 4.69) is 24.5 Å². The minimum Gasteiger partial charge on any atom is -0.481 e. The number of carboxylic acid groups (broad SMARTS) is 1. The average Bonchev–Trinajstić information content (AvgIpc) is 2.42. The first-order chi connectivity index (χ1) is 10.0. The number of hydrogen-bond acceptors (Lipinski definition) is 2. The van der Waals surface area contributed by atoms with Gasteiger partial charge >= 0.3 is 12.0 Å². The number of benzene rings is 1. The third-order valence-electron chi connectivity index (χ3n) is 3.18. The molecule has 0 radical (unpaired) electrons. The minimum absolute atomic E-state index is 0.188. The number of carbonyl (C=O) groups is 2. The van der Waals surface area contributed by atoms with Crippen molar-refractivity contribution in [1.82, 2.24) is 5.32 Å². The van der Waals surface area contributed by atoms with Crippen molar-refractivity contribution >= 4 is 17.7 Å². The number of para-hydroxylation sites is 1. The molecule has 0 bridgehead atoms. The van der Waals surface area contributed by atoms with Crippen LogP contribution < -0.4 is 10.6 Å². The lowest BCUT2D eigenvalue weighted by Crippen LogP contribution is -2.30. The molecule has 5 nitrogen and oxygen atoms in total. The van der Waals surface area contributed by atoms with Gasteiger partial charge < -0.3 is 15.7 Å². The third kappa shape index (κ3) is 6.79. The third-order valence-corrected chi connectivity index (χ3v) is 3.18. The van der Waals surface area contributed by atoms with Gasteiger partial charge in [-0.1, -0.05) is 38.5 Å². The normalized spacial score (nSPS) is 10.4. The van der Waals surface area contributed by atoms with Crippen LogP contribution in [0.3, 0.4) is 0 Å². The molecular weight excluding hydrogens is 268 g/mol. The van der Waals surface area contributed by atoms with E-state index in [-0.39, 0.29) is 12.5 Å². The standard InChI is InChI=1S/C16H24N2O3/c1-12(2)13-8-5-6-9-14(13)18-16(21)17-11-7-3-4-10-15(19)20/h5-6,8-9,12H,3-4,7,10-11H2,1-2H3,(H,19,20)(H2,17,18,21). The summed E-state index contributed by atoms with van der Waals surface area (Å²) in [7, 11) is 0. The number of anilines is 1. The Morgan fingerprint density at radius 1 is 1.14 bits per heavy atom. The van der Waals surface area contributed by atoms with Gasteiger partial charge in [0.1, 0.15) is 0 Å². The summed E-state index contributed by atoms with van der Waals surface area (Å²) in [4.78, 5) is 22.2. The van der Waals surface area contributed by atoms with Gasteiger partial charge in [-0.25, -0.2) is 4.79 Å². The van der Waals surface area contributed by atoms with E-state index in [4.69, 9.17) is 5.11 Å². The molecule has 3 N–H and O–H groups in total. The predicted octanol–water partition coefficient (Wildman–Crippen LogP) is 3.58. The number of hydrogen-bond donors (Lipinski definition) is 3. The van der Waals surface area contributed by atoms with Crippen molar-refractivity contribution in [2.24, 2.45) is 0 Å². The van der Waals surface area contributed by atoms with E-state index < -0.39 is 5.97 Å². The lowest BCUT2D eigenvalue weighted by atomic mass is 10.0. The Bertz CT molecular complexity index is 472. The fourth-order valence-corrected chi connectivity index (χ4v) is 2.06. The monoisotopic (exact) mass is 292 g/mol. The molecule has 0 saturated carbocycles. The van der Waals surface area contributed by atoms with Crippen LogP contribution in [0.25, 0.3) is 0 Å². The van der Waals surface area contributed by atoms with Gasteiger partial charge in [-0.2, -0.15) is 0 Å². The molecule has 0 unspecified atom stereocenters. The second kappa shape index (κ2) is 9.00. The van der Waals surface area contributed by atoms with Crippen molar-refractivity contribution < 1.29 is 14.7 Å². The SMILES string of the molecule is CC(C)c1ccccc1NC(=O)NCCCCCC(=O)O. The molecule has 1 aromatic rings. The van der Waals surface area contributed by atoms with Crippen LogP contribution in [-0.2, 0) is 4.79 Å². The molecule has 0 atom stereocenters. The number of urea groups is 1. The zero-order valence-corrected chi connectivity index (χ0v) is 12.7. The first-order valence-electron chi connectivity index (χ1n) is 7.36. The predicted molar refractivity (Wildman–Crippen MR) is 83.7 cm³/mol. The molecule has 0 spiro atoms. The molecule has 0 aliphatic carbocycles. The van der Waals surface area contributed by atoms with Crippen LogP contribution in [0.5, 0.6) is 0 Å². The lowest BCUT2D eigenvalue weighted by Gasteiger charge is -2.14. The van der Waals surface area contributed by atoms with Gasteiger partial charge in [0.2, 0.25) is 0 Å². The van der Waals surface area contributed by atoms with Crippen molar-refractivity contribution in [3.05, 3.63) is 29.8 Å².